The summed E-state index contributed by atoms with van der Waals surface area (Å²) >= 11 is 0. The van der Waals surface area contributed by atoms with Gasteiger partial charge in [0.05, 0.1) is 0 Å². The Morgan fingerprint density at radius 2 is 2.05 bits per heavy atom. The van der Waals surface area contributed by atoms with Gasteiger partial charge in [-0.3, -0.25) is 0 Å². The van der Waals surface area contributed by atoms with Crippen LogP contribution in [0.3, 0.4) is 0 Å². The van der Waals surface area contributed by atoms with E-state index in [0.717, 1.165) is 12.6 Å². The van der Waals surface area contributed by atoms with Gasteiger partial charge in [-0.25, -0.2) is 0 Å². The van der Waals surface area contributed by atoms with Gasteiger partial charge in [-0.1, -0.05) is 25.1 Å². The predicted octanol–water partition coefficient (Wildman–Crippen LogP) is 4.13. The van der Waals surface area contributed by atoms with Crippen LogP contribution in [0.15, 0.2) is 30.5 Å². The van der Waals surface area contributed by atoms with Crippen molar-refractivity contribution in [3.63, 3.8) is 0 Å². The third kappa shape index (κ3) is 3.24. The summed E-state index contributed by atoms with van der Waals surface area (Å²) in [6, 6.07) is 9.69. The third-order valence-electron chi connectivity index (χ3n) is 4.22. The molecular formula is C18H26N2. The molecule has 2 nitrogen and oxygen atoms in total. The Labute approximate surface area is 122 Å². The van der Waals surface area contributed by atoms with Crippen molar-refractivity contribution < 1.29 is 0 Å². The van der Waals surface area contributed by atoms with E-state index in [1.807, 2.05) is 0 Å². The average molecular weight is 270 g/mol. The fourth-order valence-corrected chi connectivity index (χ4v) is 2.98. The Hall–Kier alpha value is -1.28. The van der Waals surface area contributed by atoms with Gasteiger partial charge in [-0.15, -0.1) is 0 Å². The van der Waals surface area contributed by atoms with Crippen molar-refractivity contribution in [3.05, 3.63) is 36.0 Å². The Morgan fingerprint density at radius 1 is 1.20 bits per heavy atom. The summed E-state index contributed by atoms with van der Waals surface area (Å²) in [5, 5.41) is 5.06. The number of aromatic nitrogens is 1. The van der Waals surface area contributed by atoms with Crippen molar-refractivity contribution in [1.29, 1.82) is 0 Å². The molecule has 20 heavy (non-hydrogen) atoms. The zero-order valence-corrected chi connectivity index (χ0v) is 12.6. The van der Waals surface area contributed by atoms with Crippen molar-refractivity contribution in [3.8, 4) is 0 Å². The first kappa shape index (κ1) is 13.7. The van der Waals surface area contributed by atoms with Gasteiger partial charge < -0.3 is 9.88 Å². The number of fused-ring (bicyclic) bond motifs is 1. The standard InChI is InChI=1S/C18H26N2/c1-2-13-20-14-15(17-8-3-4-9-18(17)20)7-5-6-12-19-16-10-11-16/h3-4,8-9,14,16,19H,2,5-7,10-13H2,1H3. The van der Waals surface area contributed by atoms with Crippen LogP contribution in [0.5, 0.6) is 0 Å². The number of para-hydroxylation sites is 1. The number of benzene rings is 1. The molecule has 1 fully saturated rings. The molecule has 2 aromatic rings. The van der Waals surface area contributed by atoms with Gasteiger partial charge in [-0.05, 0) is 56.7 Å². The third-order valence-corrected chi connectivity index (χ3v) is 4.22. The van der Waals surface area contributed by atoms with E-state index in [0.29, 0.717) is 0 Å². The Morgan fingerprint density at radius 3 is 2.85 bits per heavy atom. The molecule has 1 saturated carbocycles. The van der Waals surface area contributed by atoms with Crippen LogP contribution in [0.25, 0.3) is 10.9 Å². The van der Waals surface area contributed by atoms with Gasteiger partial charge in [0, 0.05) is 29.7 Å². The number of nitrogens with zero attached hydrogens (tertiary/aromatic N) is 1. The van der Waals surface area contributed by atoms with Crippen LogP contribution >= 0.6 is 0 Å². The number of hydrogen-bond donors (Lipinski definition) is 1. The van der Waals surface area contributed by atoms with Gasteiger partial charge in [0.25, 0.3) is 0 Å². The zero-order chi connectivity index (χ0) is 13.8. The number of nitrogens with one attached hydrogen (secondary N) is 1. The highest BCUT2D eigenvalue weighted by Crippen LogP contribution is 2.23. The highest BCUT2D eigenvalue weighted by atomic mass is 15.0. The lowest BCUT2D eigenvalue weighted by molar-refractivity contribution is 0.619. The maximum Gasteiger partial charge on any atom is 0.0483 e. The zero-order valence-electron chi connectivity index (χ0n) is 12.6. The molecule has 1 N–H and O–H groups in total. The number of aryl methyl sites for hydroxylation is 2. The van der Waals surface area contributed by atoms with Crippen LogP contribution in [-0.2, 0) is 13.0 Å². The van der Waals surface area contributed by atoms with Gasteiger partial charge in [0.1, 0.15) is 0 Å². The smallest absolute Gasteiger partial charge is 0.0483 e. The van der Waals surface area contributed by atoms with Crippen LogP contribution in [0.4, 0.5) is 0 Å². The molecule has 0 atom stereocenters. The maximum absolute atomic E-state index is 3.60. The molecule has 1 aliphatic rings. The van der Waals surface area contributed by atoms with E-state index >= 15 is 0 Å². The van der Waals surface area contributed by atoms with E-state index in [1.165, 1.54) is 61.5 Å². The number of unbranched alkanes of at least 4 members (excludes halogenated alkanes) is 1. The second-order valence-electron chi connectivity index (χ2n) is 6.05. The first-order valence-corrected chi connectivity index (χ1v) is 8.18. The lowest BCUT2D eigenvalue weighted by atomic mass is 10.1. The van der Waals surface area contributed by atoms with E-state index in [-0.39, 0.29) is 0 Å². The number of hydrogen-bond acceptors (Lipinski definition) is 1. The molecule has 108 valence electrons. The molecule has 0 amide bonds. The molecule has 1 aromatic heterocycles. The van der Waals surface area contributed by atoms with Gasteiger partial charge in [0.15, 0.2) is 0 Å². The summed E-state index contributed by atoms with van der Waals surface area (Å²) in [5.41, 5.74) is 2.93. The van der Waals surface area contributed by atoms with Crippen LogP contribution in [-0.4, -0.2) is 17.2 Å². The Balaban J connectivity index is 1.60. The molecule has 1 aromatic carbocycles. The molecule has 1 heterocycles. The highest BCUT2D eigenvalue weighted by Gasteiger charge is 2.19. The van der Waals surface area contributed by atoms with E-state index in [4.69, 9.17) is 0 Å². The summed E-state index contributed by atoms with van der Waals surface area (Å²) in [6.45, 7) is 4.57. The van der Waals surface area contributed by atoms with Crippen LogP contribution < -0.4 is 5.32 Å². The van der Waals surface area contributed by atoms with E-state index < -0.39 is 0 Å². The maximum atomic E-state index is 3.60. The summed E-state index contributed by atoms with van der Waals surface area (Å²) in [6.07, 6.45) is 10.2. The van der Waals surface area contributed by atoms with Gasteiger partial charge >= 0.3 is 0 Å². The molecule has 0 saturated heterocycles. The largest absolute Gasteiger partial charge is 0.347 e. The monoisotopic (exact) mass is 270 g/mol. The molecule has 0 aliphatic heterocycles. The fourth-order valence-electron chi connectivity index (χ4n) is 2.98. The molecule has 0 unspecified atom stereocenters. The molecule has 0 radical (unpaired) electrons. The average Bonchev–Trinajstić information content (AvgIpc) is 3.23. The van der Waals surface area contributed by atoms with Crippen molar-refractivity contribution in [2.75, 3.05) is 6.54 Å². The summed E-state index contributed by atoms with van der Waals surface area (Å²) in [5.74, 6) is 0. The quantitative estimate of drug-likeness (QED) is 0.714. The lowest BCUT2D eigenvalue weighted by Crippen LogP contribution is -2.17. The minimum absolute atomic E-state index is 0.849. The summed E-state index contributed by atoms with van der Waals surface area (Å²) in [7, 11) is 0. The highest BCUT2D eigenvalue weighted by molar-refractivity contribution is 5.83. The second-order valence-corrected chi connectivity index (χ2v) is 6.05. The van der Waals surface area contributed by atoms with Crippen molar-refractivity contribution in [2.45, 2.75) is 58.0 Å². The van der Waals surface area contributed by atoms with Crippen LogP contribution in [0, 0.1) is 0 Å². The van der Waals surface area contributed by atoms with Crippen LogP contribution in [0.1, 0.15) is 44.6 Å². The Bertz CT molecular complexity index is 552. The Kier molecular flexibility index (Phi) is 4.41. The molecular weight excluding hydrogens is 244 g/mol. The minimum atomic E-state index is 0.849. The van der Waals surface area contributed by atoms with E-state index in [1.54, 1.807) is 0 Å². The normalized spacial score (nSPS) is 15.1. The predicted molar refractivity (Wildman–Crippen MR) is 86.2 cm³/mol. The fraction of sp³-hybridized carbons (Fsp3) is 0.556. The first-order valence-electron chi connectivity index (χ1n) is 8.18. The summed E-state index contributed by atoms with van der Waals surface area (Å²) in [4.78, 5) is 0. The molecule has 2 heteroatoms. The topological polar surface area (TPSA) is 17.0 Å². The van der Waals surface area contributed by atoms with E-state index in [2.05, 4.69) is 47.3 Å². The van der Waals surface area contributed by atoms with Crippen molar-refractivity contribution >= 4 is 10.9 Å². The van der Waals surface area contributed by atoms with Gasteiger partial charge in [-0.2, -0.15) is 0 Å². The molecule has 3 rings (SSSR count). The first-order chi connectivity index (χ1) is 9.88. The molecule has 0 bridgehead atoms. The molecule has 0 spiro atoms. The van der Waals surface area contributed by atoms with E-state index in [9.17, 15) is 0 Å². The minimum Gasteiger partial charge on any atom is -0.347 e. The SMILES string of the molecule is CCCn1cc(CCCCNC2CC2)c2ccccc21. The lowest BCUT2D eigenvalue weighted by Gasteiger charge is -2.02. The van der Waals surface area contributed by atoms with Crippen molar-refractivity contribution in [2.24, 2.45) is 0 Å². The van der Waals surface area contributed by atoms with Crippen molar-refractivity contribution in [1.82, 2.24) is 9.88 Å². The van der Waals surface area contributed by atoms with Crippen LogP contribution in [0.2, 0.25) is 0 Å². The van der Waals surface area contributed by atoms with Gasteiger partial charge in [0.2, 0.25) is 0 Å². The number of rotatable bonds is 8. The molecule has 1 aliphatic carbocycles. The second kappa shape index (κ2) is 6.45. The summed E-state index contributed by atoms with van der Waals surface area (Å²) < 4.78 is 2.42.